The molecule has 3 heteroatoms. The average Bonchev–Trinajstić information content (AvgIpc) is 3.90. The first-order valence-corrected chi connectivity index (χ1v) is 18.8. The van der Waals surface area contributed by atoms with Crippen LogP contribution in [-0.4, -0.2) is 9.13 Å². The van der Waals surface area contributed by atoms with Gasteiger partial charge in [0, 0.05) is 43.4 Å². The van der Waals surface area contributed by atoms with Crippen LogP contribution in [0.15, 0.2) is 199 Å². The molecule has 0 bridgehead atoms. The minimum atomic E-state index is 0.906. The molecular formula is C52H32N2O. The van der Waals surface area contributed by atoms with Gasteiger partial charge in [0.2, 0.25) is 0 Å². The Bertz CT molecular complexity index is 3480. The largest absolute Gasteiger partial charge is 0.456 e. The second-order valence-electron chi connectivity index (χ2n) is 14.5. The normalized spacial score (nSPS) is 12.0. The Balaban J connectivity index is 1.09. The molecule has 9 aromatic carbocycles. The third-order valence-electron chi connectivity index (χ3n) is 11.5. The molecule has 55 heavy (non-hydrogen) atoms. The van der Waals surface area contributed by atoms with Gasteiger partial charge in [-0.3, -0.25) is 0 Å². The van der Waals surface area contributed by atoms with Crippen LogP contribution in [0.2, 0.25) is 0 Å². The summed E-state index contributed by atoms with van der Waals surface area (Å²) in [6.07, 6.45) is 0. The van der Waals surface area contributed by atoms with Gasteiger partial charge in [-0.25, -0.2) is 0 Å². The van der Waals surface area contributed by atoms with Gasteiger partial charge < -0.3 is 13.6 Å². The highest BCUT2D eigenvalue weighted by molar-refractivity contribution is 6.14. The molecule has 256 valence electrons. The first-order chi connectivity index (χ1) is 27.3. The van der Waals surface area contributed by atoms with E-state index in [0.717, 1.165) is 33.1 Å². The maximum atomic E-state index is 6.32. The van der Waals surface area contributed by atoms with E-state index in [2.05, 4.69) is 191 Å². The third-order valence-corrected chi connectivity index (χ3v) is 11.5. The zero-order valence-corrected chi connectivity index (χ0v) is 29.8. The van der Waals surface area contributed by atoms with Crippen molar-refractivity contribution < 1.29 is 4.42 Å². The number of hydrogen-bond acceptors (Lipinski definition) is 1. The van der Waals surface area contributed by atoms with Crippen LogP contribution in [0, 0.1) is 0 Å². The molecule has 12 rings (SSSR count). The fourth-order valence-electron chi connectivity index (χ4n) is 8.96. The summed E-state index contributed by atoms with van der Waals surface area (Å²) in [5.41, 5.74) is 13.6. The summed E-state index contributed by atoms with van der Waals surface area (Å²) < 4.78 is 11.1. The van der Waals surface area contributed by atoms with E-state index >= 15 is 0 Å². The molecule has 0 saturated heterocycles. The Kier molecular flexibility index (Phi) is 6.34. The minimum absolute atomic E-state index is 0.906. The van der Waals surface area contributed by atoms with Crippen LogP contribution in [0.25, 0.3) is 110 Å². The van der Waals surface area contributed by atoms with Gasteiger partial charge in [0.05, 0.1) is 27.8 Å². The standard InChI is InChI=1S/C52H32N2O/c1-2-13-38(14-3-1)53-47-18-8-6-16-40(47)43-29-34(22-26-48(43)53)35-23-27-49-44(30-35)45-31-36(37-21-25-42-41-17-7-9-20-51(41)55-52(42)32-37)24-28-50(45)54(49)46-19-10-12-33-11-4-5-15-39(33)46/h1-32H. The minimum Gasteiger partial charge on any atom is -0.456 e. The van der Waals surface area contributed by atoms with E-state index < -0.39 is 0 Å². The van der Waals surface area contributed by atoms with Gasteiger partial charge in [0.15, 0.2) is 0 Å². The number of para-hydroxylation sites is 3. The van der Waals surface area contributed by atoms with Crippen LogP contribution in [0.3, 0.4) is 0 Å². The topological polar surface area (TPSA) is 23.0 Å². The number of aromatic nitrogens is 2. The van der Waals surface area contributed by atoms with E-state index in [0.29, 0.717) is 0 Å². The van der Waals surface area contributed by atoms with Crippen molar-refractivity contribution in [1.29, 1.82) is 0 Å². The lowest BCUT2D eigenvalue weighted by molar-refractivity contribution is 0.669. The lowest BCUT2D eigenvalue weighted by atomic mass is 9.99. The van der Waals surface area contributed by atoms with Crippen molar-refractivity contribution in [2.24, 2.45) is 0 Å². The summed E-state index contributed by atoms with van der Waals surface area (Å²) in [6, 6.07) is 70.4. The lowest BCUT2D eigenvalue weighted by Gasteiger charge is -2.12. The number of rotatable bonds is 4. The van der Waals surface area contributed by atoms with Crippen molar-refractivity contribution in [3.63, 3.8) is 0 Å². The zero-order chi connectivity index (χ0) is 36.0. The number of fused-ring (bicyclic) bond motifs is 10. The summed E-state index contributed by atoms with van der Waals surface area (Å²) in [5, 5.41) is 9.68. The summed E-state index contributed by atoms with van der Waals surface area (Å²) in [7, 11) is 0. The fourth-order valence-corrected chi connectivity index (χ4v) is 8.96. The van der Waals surface area contributed by atoms with E-state index in [9.17, 15) is 0 Å². The van der Waals surface area contributed by atoms with Gasteiger partial charge in [-0.2, -0.15) is 0 Å². The summed E-state index contributed by atoms with van der Waals surface area (Å²) >= 11 is 0. The molecular weight excluding hydrogens is 669 g/mol. The molecule has 0 aliphatic rings. The van der Waals surface area contributed by atoms with Gasteiger partial charge in [-0.15, -0.1) is 0 Å². The van der Waals surface area contributed by atoms with Crippen LogP contribution >= 0.6 is 0 Å². The molecule has 0 unspecified atom stereocenters. The van der Waals surface area contributed by atoms with E-state index in [1.54, 1.807) is 0 Å². The van der Waals surface area contributed by atoms with Crippen molar-refractivity contribution in [2.75, 3.05) is 0 Å². The van der Waals surface area contributed by atoms with Crippen molar-refractivity contribution in [3.8, 4) is 33.6 Å². The highest BCUT2D eigenvalue weighted by atomic mass is 16.3. The Morgan fingerprint density at radius 1 is 0.291 bits per heavy atom. The Labute approximate surface area is 316 Å². The maximum absolute atomic E-state index is 6.32. The van der Waals surface area contributed by atoms with Gasteiger partial charge in [-0.05, 0) is 107 Å². The molecule has 3 aromatic heterocycles. The van der Waals surface area contributed by atoms with Gasteiger partial charge in [0.25, 0.3) is 0 Å². The second-order valence-corrected chi connectivity index (χ2v) is 14.5. The van der Waals surface area contributed by atoms with Crippen LogP contribution in [0.5, 0.6) is 0 Å². The summed E-state index contributed by atoms with van der Waals surface area (Å²) in [4.78, 5) is 0. The quantitative estimate of drug-likeness (QED) is 0.179. The van der Waals surface area contributed by atoms with Crippen molar-refractivity contribution in [2.45, 2.75) is 0 Å². The Morgan fingerprint density at radius 2 is 0.800 bits per heavy atom. The van der Waals surface area contributed by atoms with Crippen LogP contribution in [-0.2, 0) is 0 Å². The Morgan fingerprint density at radius 3 is 1.55 bits per heavy atom. The predicted molar refractivity (Wildman–Crippen MR) is 231 cm³/mol. The molecule has 0 N–H and O–H groups in total. The van der Waals surface area contributed by atoms with Gasteiger partial charge in [0.1, 0.15) is 11.2 Å². The molecule has 3 nitrogen and oxygen atoms in total. The van der Waals surface area contributed by atoms with Crippen molar-refractivity contribution in [3.05, 3.63) is 194 Å². The first kappa shape index (κ1) is 30.1. The molecule has 0 aliphatic carbocycles. The van der Waals surface area contributed by atoms with E-state index in [1.807, 2.05) is 12.1 Å². The molecule has 0 amide bonds. The van der Waals surface area contributed by atoms with E-state index in [-0.39, 0.29) is 0 Å². The van der Waals surface area contributed by atoms with Crippen molar-refractivity contribution in [1.82, 2.24) is 9.13 Å². The molecule has 0 atom stereocenters. The molecule has 12 aromatic rings. The summed E-state index contributed by atoms with van der Waals surface area (Å²) in [5.74, 6) is 0. The van der Waals surface area contributed by atoms with E-state index in [1.165, 1.54) is 76.9 Å². The number of benzene rings is 9. The number of furan rings is 1. The molecule has 0 radical (unpaired) electrons. The average molecular weight is 701 g/mol. The van der Waals surface area contributed by atoms with E-state index in [4.69, 9.17) is 4.42 Å². The third kappa shape index (κ3) is 4.50. The number of hydrogen-bond donors (Lipinski definition) is 0. The molecule has 0 aliphatic heterocycles. The maximum Gasteiger partial charge on any atom is 0.136 e. The fraction of sp³-hybridized carbons (Fsp3) is 0. The highest BCUT2D eigenvalue weighted by Gasteiger charge is 2.18. The Hall–Kier alpha value is -7.36. The molecule has 0 spiro atoms. The second kappa shape index (κ2) is 11.6. The van der Waals surface area contributed by atoms with Gasteiger partial charge >= 0.3 is 0 Å². The predicted octanol–water partition coefficient (Wildman–Crippen LogP) is 14.3. The monoisotopic (exact) mass is 700 g/mol. The lowest BCUT2D eigenvalue weighted by Crippen LogP contribution is -1.95. The molecule has 0 saturated carbocycles. The first-order valence-electron chi connectivity index (χ1n) is 18.8. The zero-order valence-electron chi connectivity index (χ0n) is 29.8. The van der Waals surface area contributed by atoms with Crippen LogP contribution in [0.4, 0.5) is 0 Å². The SMILES string of the molecule is c1ccc(-n2c3ccccc3c3cc(-c4ccc5c(c4)c4cc(-c6ccc7c(c6)oc6ccccc67)ccc4n5-c4cccc5ccccc45)ccc32)cc1. The molecule has 0 fully saturated rings. The van der Waals surface area contributed by atoms with Crippen LogP contribution in [0.1, 0.15) is 0 Å². The van der Waals surface area contributed by atoms with Crippen molar-refractivity contribution >= 4 is 76.3 Å². The number of nitrogens with zero attached hydrogens (tertiary/aromatic N) is 2. The summed E-state index contributed by atoms with van der Waals surface area (Å²) in [6.45, 7) is 0. The van der Waals surface area contributed by atoms with Crippen LogP contribution < -0.4 is 0 Å². The van der Waals surface area contributed by atoms with Gasteiger partial charge in [-0.1, -0.05) is 115 Å². The molecule has 3 heterocycles. The highest BCUT2D eigenvalue weighted by Crippen LogP contribution is 2.41. The smallest absolute Gasteiger partial charge is 0.136 e.